The van der Waals surface area contributed by atoms with Gasteiger partial charge in [0.2, 0.25) is 10.0 Å². The van der Waals surface area contributed by atoms with E-state index in [1.165, 1.54) is 24.9 Å². The fourth-order valence-electron chi connectivity index (χ4n) is 1.44. The van der Waals surface area contributed by atoms with Gasteiger partial charge in [0.1, 0.15) is 10.6 Å². The lowest BCUT2D eigenvalue weighted by molar-refractivity contribution is -0.155. The van der Waals surface area contributed by atoms with Gasteiger partial charge in [0.05, 0.1) is 6.54 Å². The summed E-state index contributed by atoms with van der Waals surface area (Å²) in [5, 5.41) is 20.5. The molecule has 1 amide bonds. The van der Waals surface area contributed by atoms with Crippen LogP contribution < -0.4 is 10.0 Å². The summed E-state index contributed by atoms with van der Waals surface area (Å²) in [5.74, 6) is -2.18. The first-order valence-corrected chi connectivity index (χ1v) is 7.33. The maximum atomic E-state index is 11.9. The number of aromatic nitrogens is 1. The molecule has 9 nitrogen and oxygen atoms in total. The molecule has 0 radical (unpaired) electrons. The van der Waals surface area contributed by atoms with Gasteiger partial charge in [-0.05, 0) is 20.0 Å². The topological polar surface area (TPSA) is 138 Å². The largest absolute Gasteiger partial charge is 0.479 e. The molecular formula is C11H17N3O6S. The second kappa shape index (κ2) is 5.84. The quantitative estimate of drug-likeness (QED) is 0.503. The second-order valence-corrected chi connectivity index (χ2v) is 6.53. The van der Waals surface area contributed by atoms with Crippen LogP contribution in [0.25, 0.3) is 0 Å². The molecule has 1 aromatic rings. The Morgan fingerprint density at radius 1 is 1.43 bits per heavy atom. The zero-order chi connectivity index (χ0) is 16.4. The van der Waals surface area contributed by atoms with Crippen LogP contribution in [0.15, 0.2) is 17.2 Å². The van der Waals surface area contributed by atoms with Gasteiger partial charge in [-0.15, -0.1) is 0 Å². The number of aliphatic hydroxyl groups is 1. The Labute approximate surface area is 121 Å². The smallest absolute Gasteiger partial charge is 0.337 e. The van der Waals surface area contributed by atoms with Gasteiger partial charge in [-0.25, -0.2) is 17.9 Å². The lowest BCUT2D eigenvalue weighted by Crippen LogP contribution is -2.46. The van der Waals surface area contributed by atoms with E-state index in [9.17, 15) is 23.1 Å². The summed E-state index contributed by atoms with van der Waals surface area (Å²) in [6.07, 6.45) is 1.25. The standard InChI is InChI=1S/C11H17N3O6S/c1-11(18,10(16)17)6-13-9(15)8-4-7(5-14(8)3)21(19,20)12-2/h4-5,12,18H,6H2,1-3H3,(H,13,15)(H,16,17). The van der Waals surface area contributed by atoms with Gasteiger partial charge in [0.25, 0.3) is 5.91 Å². The van der Waals surface area contributed by atoms with Gasteiger partial charge in [-0.3, -0.25) is 4.79 Å². The molecule has 0 saturated carbocycles. The van der Waals surface area contributed by atoms with Crippen molar-refractivity contribution in [3.63, 3.8) is 0 Å². The van der Waals surface area contributed by atoms with Crippen molar-refractivity contribution in [2.75, 3.05) is 13.6 Å². The number of rotatable bonds is 6. The summed E-state index contributed by atoms with van der Waals surface area (Å²) in [5.41, 5.74) is -2.09. The number of nitrogens with zero attached hydrogens (tertiary/aromatic N) is 1. The van der Waals surface area contributed by atoms with Crippen LogP contribution in [0.4, 0.5) is 0 Å². The van der Waals surface area contributed by atoms with Crippen molar-refractivity contribution in [1.82, 2.24) is 14.6 Å². The van der Waals surface area contributed by atoms with Gasteiger partial charge in [-0.1, -0.05) is 0 Å². The number of carboxylic acids is 1. The van der Waals surface area contributed by atoms with E-state index >= 15 is 0 Å². The number of hydrogen-bond donors (Lipinski definition) is 4. The summed E-state index contributed by atoms with van der Waals surface area (Å²) in [6, 6.07) is 1.15. The molecule has 0 aliphatic carbocycles. The van der Waals surface area contributed by atoms with Crippen LogP contribution in [0.5, 0.6) is 0 Å². The summed E-state index contributed by atoms with van der Waals surface area (Å²) < 4.78 is 26.6. The molecule has 1 rings (SSSR count). The zero-order valence-corrected chi connectivity index (χ0v) is 12.6. The zero-order valence-electron chi connectivity index (χ0n) is 11.7. The summed E-state index contributed by atoms with van der Waals surface area (Å²) in [6.45, 7) is 0.526. The van der Waals surface area contributed by atoms with Crippen LogP contribution in [0.2, 0.25) is 0 Å². The number of hydrogen-bond acceptors (Lipinski definition) is 5. The van der Waals surface area contributed by atoms with Crippen molar-refractivity contribution in [1.29, 1.82) is 0 Å². The van der Waals surface area contributed by atoms with E-state index in [-0.39, 0.29) is 10.6 Å². The van der Waals surface area contributed by atoms with Crippen LogP contribution in [0.1, 0.15) is 17.4 Å². The van der Waals surface area contributed by atoms with E-state index in [1.807, 2.05) is 0 Å². The Kier molecular flexibility index (Phi) is 4.76. The van der Waals surface area contributed by atoms with Gasteiger partial charge < -0.3 is 20.1 Å². The van der Waals surface area contributed by atoms with Crippen LogP contribution in [0, 0.1) is 0 Å². The fourth-order valence-corrected chi connectivity index (χ4v) is 2.24. The van der Waals surface area contributed by atoms with E-state index in [0.717, 1.165) is 13.0 Å². The monoisotopic (exact) mass is 319 g/mol. The van der Waals surface area contributed by atoms with Crippen molar-refractivity contribution in [2.45, 2.75) is 17.4 Å². The van der Waals surface area contributed by atoms with Crippen LogP contribution in [-0.4, -0.2) is 54.3 Å². The van der Waals surface area contributed by atoms with Crippen molar-refractivity contribution in [2.24, 2.45) is 7.05 Å². The third-order valence-corrected chi connectivity index (χ3v) is 4.23. The number of sulfonamides is 1. The number of nitrogens with one attached hydrogen (secondary N) is 2. The first-order valence-electron chi connectivity index (χ1n) is 5.85. The molecule has 1 unspecified atom stereocenters. The number of amides is 1. The predicted molar refractivity (Wildman–Crippen MR) is 72.3 cm³/mol. The molecule has 21 heavy (non-hydrogen) atoms. The fraction of sp³-hybridized carbons (Fsp3) is 0.455. The number of carbonyl (C=O) groups excluding carboxylic acids is 1. The van der Waals surface area contributed by atoms with Gasteiger partial charge in [0.15, 0.2) is 5.60 Å². The molecule has 10 heteroatoms. The van der Waals surface area contributed by atoms with Crippen molar-refractivity contribution >= 4 is 21.9 Å². The molecule has 0 aliphatic heterocycles. The van der Waals surface area contributed by atoms with Gasteiger partial charge in [0, 0.05) is 13.2 Å². The normalized spacial score (nSPS) is 14.5. The number of carboxylic acid groups (broad SMARTS) is 1. The second-order valence-electron chi connectivity index (χ2n) is 4.64. The lowest BCUT2D eigenvalue weighted by atomic mass is 10.1. The summed E-state index contributed by atoms with van der Waals surface area (Å²) in [4.78, 5) is 22.5. The Balaban J connectivity index is 2.93. The van der Waals surface area contributed by atoms with Crippen LogP contribution in [-0.2, 0) is 21.9 Å². The predicted octanol–water partition coefficient (Wildman–Crippen LogP) is -1.50. The minimum Gasteiger partial charge on any atom is -0.479 e. The first kappa shape index (κ1) is 17.1. The minimum atomic E-state index is -3.68. The Bertz CT molecular complexity index is 661. The van der Waals surface area contributed by atoms with E-state index in [2.05, 4.69) is 10.0 Å². The number of aliphatic carboxylic acids is 1. The third-order valence-electron chi connectivity index (χ3n) is 2.85. The highest BCUT2D eigenvalue weighted by Gasteiger charge is 2.31. The third kappa shape index (κ3) is 3.80. The lowest BCUT2D eigenvalue weighted by Gasteiger charge is -2.18. The highest BCUT2D eigenvalue weighted by Crippen LogP contribution is 2.13. The number of aryl methyl sites for hydroxylation is 1. The number of carbonyl (C=O) groups is 2. The van der Waals surface area contributed by atoms with E-state index < -0.39 is 34.0 Å². The molecule has 0 spiro atoms. The molecule has 1 heterocycles. The molecule has 1 aromatic heterocycles. The Morgan fingerprint density at radius 2 is 2.00 bits per heavy atom. The van der Waals surface area contributed by atoms with E-state index in [4.69, 9.17) is 5.11 Å². The highest BCUT2D eigenvalue weighted by molar-refractivity contribution is 7.89. The summed E-state index contributed by atoms with van der Waals surface area (Å²) >= 11 is 0. The van der Waals surface area contributed by atoms with Crippen LogP contribution in [0.3, 0.4) is 0 Å². The maximum Gasteiger partial charge on any atom is 0.337 e. The first-order chi connectivity index (χ1) is 9.51. The van der Waals surface area contributed by atoms with Crippen molar-refractivity contribution in [3.8, 4) is 0 Å². The molecule has 1 atom stereocenters. The Hall–Kier alpha value is -1.91. The van der Waals surface area contributed by atoms with Crippen LogP contribution >= 0.6 is 0 Å². The van der Waals surface area contributed by atoms with Crippen molar-refractivity contribution < 1.29 is 28.2 Å². The molecule has 4 N–H and O–H groups in total. The van der Waals surface area contributed by atoms with E-state index in [1.54, 1.807) is 0 Å². The molecule has 0 bridgehead atoms. The Morgan fingerprint density at radius 3 is 2.48 bits per heavy atom. The molecule has 118 valence electrons. The minimum absolute atomic E-state index is 0.0185. The highest BCUT2D eigenvalue weighted by atomic mass is 32.2. The average molecular weight is 319 g/mol. The summed E-state index contributed by atoms with van der Waals surface area (Å²) in [7, 11) is -0.971. The maximum absolute atomic E-state index is 11.9. The van der Waals surface area contributed by atoms with E-state index in [0.29, 0.717) is 0 Å². The molecule has 0 fully saturated rings. The molecule has 0 saturated heterocycles. The molecular weight excluding hydrogens is 302 g/mol. The SMILES string of the molecule is CNS(=O)(=O)c1cc(C(=O)NCC(C)(O)C(=O)O)n(C)c1. The van der Waals surface area contributed by atoms with Crippen molar-refractivity contribution in [3.05, 3.63) is 18.0 Å². The van der Waals surface area contributed by atoms with Gasteiger partial charge in [-0.2, -0.15) is 0 Å². The molecule has 0 aliphatic rings. The molecule has 0 aromatic carbocycles. The van der Waals surface area contributed by atoms with Gasteiger partial charge >= 0.3 is 5.97 Å². The average Bonchev–Trinajstić information content (AvgIpc) is 2.78.